The number of hydrogen-bond donors (Lipinski definition) is 1. The van der Waals surface area contributed by atoms with Crippen LogP contribution in [0.2, 0.25) is 0 Å². The van der Waals surface area contributed by atoms with Crippen LogP contribution in [0.25, 0.3) is 0 Å². The maximum absolute atomic E-state index is 11.9. The van der Waals surface area contributed by atoms with E-state index in [2.05, 4.69) is 40.3 Å². The fourth-order valence-corrected chi connectivity index (χ4v) is 3.12. The molecule has 0 bridgehead atoms. The highest BCUT2D eigenvalue weighted by atomic mass is 16.1. The number of hydrogen-bond acceptors (Lipinski definition) is 5. The molecule has 1 aliphatic rings. The molecule has 0 aliphatic carbocycles. The van der Waals surface area contributed by atoms with Crippen molar-refractivity contribution in [2.45, 2.75) is 32.5 Å². The number of nitriles is 1. The van der Waals surface area contributed by atoms with E-state index in [1.54, 1.807) is 6.20 Å². The molecule has 132 valence electrons. The Balaban J connectivity index is 2.00. The summed E-state index contributed by atoms with van der Waals surface area (Å²) in [7, 11) is 0. The fraction of sp³-hybridized carbons (Fsp3) is 0.300. The molecule has 1 amide bonds. The van der Waals surface area contributed by atoms with E-state index in [-0.39, 0.29) is 18.1 Å². The summed E-state index contributed by atoms with van der Waals surface area (Å²) in [6.07, 6.45) is 5.47. The second kappa shape index (κ2) is 7.79. The number of rotatable bonds is 5. The molecule has 2 aromatic rings. The van der Waals surface area contributed by atoms with Crippen LogP contribution < -0.4 is 5.32 Å². The highest BCUT2D eigenvalue weighted by molar-refractivity contribution is 5.88. The van der Waals surface area contributed by atoms with E-state index in [0.717, 1.165) is 12.0 Å². The van der Waals surface area contributed by atoms with Crippen molar-refractivity contribution in [1.29, 1.82) is 5.26 Å². The molecule has 0 spiro atoms. The van der Waals surface area contributed by atoms with Crippen LogP contribution in [0.4, 0.5) is 0 Å². The van der Waals surface area contributed by atoms with Gasteiger partial charge >= 0.3 is 0 Å². The van der Waals surface area contributed by atoms with Gasteiger partial charge in [-0.1, -0.05) is 26.0 Å². The van der Waals surface area contributed by atoms with Crippen LogP contribution in [0.3, 0.4) is 0 Å². The molecule has 6 nitrogen and oxygen atoms in total. The third kappa shape index (κ3) is 3.89. The van der Waals surface area contributed by atoms with Crippen molar-refractivity contribution < 1.29 is 4.79 Å². The quantitative estimate of drug-likeness (QED) is 0.899. The lowest BCUT2D eigenvalue weighted by molar-refractivity contribution is -0.119. The lowest BCUT2D eigenvalue weighted by Crippen LogP contribution is -2.44. The standard InChI is InChI=1S/C20H21N5O/c1-14(2)12-18(16-7-5-15(13-21)6-8-16)25-11-9-19(26)23-20(25)17-4-3-10-22-24-17/h3-11,14,18,20H,12H2,1-2H3,(H,23,26)/t18-,20?/m1/s1. The van der Waals surface area contributed by atoms with Gasteiger partial charge in [-0.25, -0.2) is 0 Å². The van der Waals surface area contributed by atoms with Gasteiger partial charge in [0.05, 0.1) is 17.7 Å². The van der Waals surface area contributed by atoms with E-state index in [1.165, 1.54) is 6.08 Å². The summed E-state index contributed by atoms with van der Waals surface area (Å²) >= 11 is 0. The normalized spacial score (nSPS) is 17.7. The van der Waals surface area contributed by atoms with Crippen LogP contribution in [0, 0.1) is 17.2 Å². The number of carbonyl (C=O) groups is 1. The SMILES string of the molecule is CC(C)C[C@H](c1ccc(C#N)cc1)N1C=CC(=O)NC1c1cccnn1. The van der Waals surface area contributed by atoms with E-state index in [0.29, 0.717) is 17.2 Å². The van der Waals surface area contributed by atoms with Crippen molar-refractivity contribution >= 4 is 5.91 Å². The van der Waals surface area contributed by atoms with Gasteiger partial charge in [-0.15, -0.1) is 0 Å². The highest BCUT2D eigenvalue weighted by Gasteiger charge is 2.31. The van der Waals surface area contributed by atoms with Crippen LogP contribution in [0.15, 0.2) is 54.9 Å². The zero-order valence-electron chi connectivity index (χ0n) is 14.8. The van der Waals surface area contributed by atoms with E-state index in [1.807, 2.05) is 42.6 Å². The van der Waals surface area contributed by atoms with Gasteiger partial charge in [-0.2, -0.15) is 15.5 Å². The first kappa shape index (κ1) is 17.6. The summed E-state index contributed by atoms with van der Waals surface area (Å²) < 4.78 is 0. The molecule has 0 saturated carbocycles. The highest BCUT2D eigenvalue weighted by Crippen LogP contribution is 2.35. The van der Waals surface area contributed by atoms with Crippen LogP contribution in [-0.4, -0.2) is 21.0 Å². The predicted molar refractivity (Wildman–Crippen MR) is 97.2 cm³/mol. The molecule has 6 heteroatoms. The monoisotopic (exact) mass is 347 g/mol. The Labute approximate surface area is 153 Å². The molecule has 0 saturated heterocycles. The average molecular weight is 347 g/mol. The summed E-state index contributed by atoms with van der Waals surface area (Å²) in [6, 6.07) is 13.5. The molecule has 1 unspecified atom stereocenters. The molecular formula is C20H21N5O. The molecule has 2 atom stereocenters. The molecule has 26 heavy (non-hydrogen) atoms. The number of nitrogens with one attached hydrogen (secondary N) is 1. The van der Waals surface area contributed by atoms with Gasteiger partial charge in [0.25, 0.3) is 0 Å². The van der Waals surface area contributed by atoms with Crippen LogP contribution in [0.1, 0.15) is 49.3 Å². The second-order valence-corrected chi connectivity index (χ2v) is 6.70. The summed E-state index contributed by atoms with van der Waals surface area (Å²) in [5.74, 6) is 0.296. The van der Waals surface area contributed by atoms with Crippen molar-refractivity contribution in [3.05, 3.63) is 71.7 Å². The number of aromatic nitrogens is 2. The van der Waals surface area contributed by atoms with Gasteiger partial charge in [-0.05, 0) is 42.2 Å². The molecule has 1 aromatic heterocycles. The molecule has 1 aliphatic heterocycles. The third-order valence-corrected chi connectivity index (χ3v) is 4.33. The number of benzene rings is 1. The molecule has 0 radical (unpaired) electrons. The van der Waals surface area contributed by atoms with Gasteiger partial charge in [0, 0.05) is 18.5 Å². The molecular weight excluding hydrogens is 326 g/mol. The predicted octanol–water partition coefficient (Wildman–Crippen LogP) is 3.08. The maximum Gasteiger partial charge on any atom is 0.247 e. The van der Waals surface area contributed by atoms with Crippen LogP contribution in [0.5, 0.6) is 0 Å². The summed E-state index contributed by atoms with van der Waals surface area (Å²) in [5.41, 5.74) is 2.41. The minimum Gasteiger partial charge on any atom is -0.345 e. The van der Waals surface area contributed by atoms with E-state index in [9.17, 15) is 4.79 Å². The third-order valence-electron chi connectivity index (χ3n) is 4.33. The molecule has 1 N–H and O–H groups in total. The largest absolute Gasteiger partial charge is 0.345 e. The first-order chi connectivity index (χ1) is 12.6. The van der Waals surface area contributed by atoms with Crippen molar-refractivity contribution in [2.75, 3.05) is 0 Å². The van der Waals surface area contributed by atoms with Crippen molar-refractivity contribution in [3.8, 4) is 6.07 Å². The smallest absolute Gasteiger partial charge is 0.247 e. The van der Waals surface area contributed by atoms with Gasteiger partial charge in [0.2, 0.25) is 5.91 Å². The van der Waals surface area contributed by atoms with Crippen molar-refractivity contribution in [3.63, 3.8) is 0 Å². The Morgan fingerprint density at radius 3 is 2.65 bits per heavy atom. The Morgan fingerprint density at radius 1 is 1.27 bits per heavy atom. The van der Waals surface area contributed by atoms with E-state index >= 15 is 0 Å². The average Bonchev–Trinajstić information content (AvgIpc) is 2.67. The Hall–Kier alpha value is -3.20. The topological polar surface area (TPSA) is 81.9 Å². The van der Waals surface area contributed by atoms with Crippen LogP contribution >= 0.6 is 0 Å². The maximum atomic E-state index is 11.9. The van der Waals surface area contributed by atoms with Gasteiger partial charge in [0.15, 0.2) is 0 Å². The Kier molecular flexibility index (Phi) is 5.28. The van der Waals surface area contributed by atoms with Crippen molar-refractivity contribution in [1.82, 2.24) is 20.4 Å². The van der Waals surface area contributed by atoms with Crippen LogP contribution in [-0.2, 0) is 4.79 Å². The minimum absolute atomic E-state index is 0.0339. The lowest BCUT2D eigenvalue weighted by Gasteiger charge is -2.40. The molecule has 0 fully saturated rings. The lowest BCUT2D eigenvalue weighted by atomic mass is 9.94. The number of carbonyl (C=O) groups excluding carboxylic acids is 1. The number of amides is 1. The summed E-state index contributed by atoms with van der Waals surface area (Å²) in [6.45, 7) is 4.33. The Morgan fingerprint density at radius 2 is 2.04 bits per heavy atom. The fourth-order valence-electron chi connectivity index (χ4n) is 3.12. The molecule has 1 aromatic carbocycles. The summed E-state index contributed by atoms with van der Waals surface area (Å²) in [4.78, 5) is 14.1. The molecule has 2 heterocycles. The first-order valence-electron chi connectivity index (χ1n) is 8.62. The second-order valence-electron chi connectivity index (χ2n) is 6.70. The molecule has 3 rings (SSSR count). The van der Waals surface area contributed by atoms with Gasteiger partial charge in [0.1, 0.15) is 11.9 Å². The van der Waals surface area contributed by atoms with Gasteiger partial charge < -0.3 is 10.2 Å². The zero-order chi connectivity index (χ0) is 18.5. The van der Waals surface area contributed by atoms with E-state index in [4.69, 9.17) is 5.26 Å². The number of nitrogens with zero attached hydrogens (tertiary/aromatic N) is 4. The van der Waals surface area contributed by atoms with Gasteiger partial charge in [-0.3, -0.25) is 4.79 Å². The minimum atomic E-state index is -0.388. The Bertz CT molecular complexity index is 824. The summed E-state index contributed by atoms with van der Waals surface area (Å²) in [5, 5.41) is 20.2. The first-order valence-corrected chi connectivity index (χ1v) is 8.62. The van der Waals surface area contributed by atoms with E-state index < -0.39 is 0 Å². The zero-order valence-corrected chi connectivity index (χ0v) is 14.8. The van der Waals surface area contributed by atoms with Crippen molar-refractivity contribution in [2.24, 2.45) is 5.92 Å².